The van der Waals surface area contributed by atoms with Crippen molar-refractivity contribution in [2.24, 2.45) is 11.3 Å². The Morgan fingerprint density at radius 3 is 2.11 bits per heavy atom. The van der Waals surface area contributed by atoms with Crippen molar-refractivity contribution < 1.29 is 19.1 Å². The number of hydrogen-bond donors (Lipinski definition) is 2. The van der Waals surface area contributed by atoms with Gasteiger partial charge in [0.05, 0.1) is 11.5 Å². The molecule has 2 heterocycles. The number of likely N-dealkylation sites (tertiary alicyclic amines) is 1. The summed E-state index contributed by atoms with van der Waals surface area (Å²) in [5.74, 6) is 0.446. The van der Waals surface area contributed by atoms with Gasteiger partial charge in [-0.3, -0.25) is 9.69 Å². The number of carbonyl (C=O) groups is 2. The second kappa shape index (κ2) is 11.2. The van der Waals surface area contributed by atoms with E-state index in [4.69, 9.17) is 9.47 Å². The van der Waals surface area contributed by atoms with E-state index in [1.54, 1.807) is 0 Å². The Hall–Kier alpha value is -1.60. The van der Waals surface area contributed by atoms with Crippen LogP contribution in [-0.2, 0) is 14.3 Å². The minimum absolute atomic E-state index is 0.00191. The lowest BCUT2D eigenvalue weighted by Crippen LogP contribution is -2.63. The minimum Gasteiger partial charge on any atom is -0.444 e. The number of piperidine rings is 1. The lowest BCUT2D eigenvalue weighted by molar-refractivity contribution is -0.135. The van der Waals surface area contributed by atoms with E-state index in [2.05, 4.69) is 64.1 Å². The molecule has 0 aromatic carbocycles. The molecule has 2 saturated heterocycles. The summed E-state index contributed by atoms with van der Waals surface area (Å²) in [6, 6.07) is -0.0956. The molecular weight excluding hydrogens is 442 g/mol. The summed E-state index contributed by atoms with van der Waals surface area (Å²) in [6.45, 7) is 19.9. The fourth-order valence-electron chi connectivity index (χ4n) is 5.46. The summed E-state index contributed by atoms with van der Waals surface area (Å²) in [7, 11) is 2.17. The zero-order chi connectivity index (χ0) is 26.7. The molecule has 2 rings (SSSR count). The van der Waals surface area contributed by atoms with Gasteiger partial charge in [0.15, 0.2) is 0 Å². The number of alkyl carbamates (subject to hydrolysis) is 1. The van der Waals surface area contributed by atoms with Crippen LogP contribution in [0.1, 0.15) is 94.4 Å². The van der Waals surface area contributed by atoms with Gasteiger partial charge >= 0.3 is 6.09 Å². The number of ether oxygens (including phenoxy) is 2. The van der Waals surface area contributed by atoms with Gasteiger partial charge in [-0.05, 0) is 93.5 Å². The zero-order valence-corrected chi connectivity index (χ0v) is 23.9. The Morgan fingerprint density at radius 1 is 1.09 bits per heavy atom. The van der Waals surface area contributed by atoms with E-state index < -0.39 is 17.1 Å². The van der Waals surface area contributed by atoms with E-state index in [1.165, 1.54) is 0 Å². The van der Waals surface area contributed by atoms with Gasteiger partial charge in [0.25, 0.3) is 0 Å². The summed E-state index contributed by atoms with van der Waals surface area (Å²) in [5.41, 5.74) is -1.20. The molecule has 2 fully saturated rings. The monoisotopic (exact) mass is 493 g/mol. The van der Waals surface area contributed by atoms with Crippen LogP contribution in [0.4, 0.5) is 4.79 Å². The van der Waals surface area contributed by atoms with Gasteiger partial charge in [-0.1, -0.05) is 26.0 Å². The average molecular weight is 494 g/mol. The molecule has 1 atom stereocenters. The van der Waals surface area contributed by atoms with Gasteiger partial charge in [-0.2, -0.15) is 0 Å². The number of carbonyl (C=O) groups excluding carboxylic acids is 2. The number of nitrogens with one attached hydrogen (secondary N) is 2. The van der Waals surface area contributed by atoms with Gasteiger partial charge < -0.3 is 20.1 Å². The molecule has 0 saturated carbocycles. The van der Waals surface area contributed by atoms with Crippen LogP contribution >= 0.6 is 0 Å². The SMILES string of the molecule is CC(C)C[C@@H](/C=C/C1(C(=O)NC2CC(C)(C)N(C)C(C)(C)C2)CCOCC1)NC(=O)OC(C)(C)C. The molecule has 0 aromatic heterocycles. The van der Waals surface area contributed by atoms with E-state index in [0.717, 1.165) is 19.3 Å². The van der Waals surface area contributed by atoms with Crippen molar-refractivity contribution in [3.05, 3.63) is 12.2 Å². The molecule has 2 amide bonds. The molecule has 2 aliphatic heterocycles. The molecule has 0 bridgehead atoms. The van der Waals surface area contributed by atoms with Crippen molar-refractivity contribution in [2.45, 2.75) is 123 Å². The second-order valence-electron chi connectivity index (χ2n) is 13.3. The first-order chi connectivity index (χ1) is 16.0. The predicted molar refractivity (Wildman–Crippen MR) is 141 cm³/mol. The molecule has 2 N–H and O–H groups in total. The molecular formula is C28H51N3O4. The van der Waals surface area contributed by atoms with Crippen molar-refractivity contribution in [1.29, 1.82) is 0 Å². The van der Waals surface area contributed by atoms with Crippen LogP contribution in [0.15, 0.2) is 12.2 Å². The number of amides is 2. The smallest absolute Gasteiger partial charge is 0.408 e. The Bertz CT molecular complexity index is 743. The highest BCUT2D eigenvalue weighted by Crippen LogP contribution is 2.38. The van der Waals surface area contributed by atoms with Crippen LogP contribution < -0.4 is 10.6 Å². The molecule has 7 nitrogen and oxygen atoms in total. The highest BCUT2D eigenvalue weighted by Gasteiger charge is 2.45. The van der Waals surface area contributed by atoms with Gasteiger partial charge in [0.1, 0.15) is 5.60 Å². The van der Waals surface area contributed by atoms with E-state index in [1.807, 2.05) is 32.9 Å². The first-order valence-corrected chi connectivity index (χ1v) is 13.3. The predicted octanol–water partition coefficient (Wildman–Crippen LogP) is 5.05. The van der Waals surface area contributed by atoms with E-state index in [9.17, 15) is 9.59 Å². The first-order valence-electron chi connectivity index (χ1n) is 13.3. The van der Waals surface area contributed by atoms with E-state index in [-0.39, 0.29) is 29.1 Å². The quantitative estimate of drug-likeness (QED) is 0.485. The maximum Gasteiger partial charge on any atom is 0.408 e. The van der Waals surface area contributed by atoms with E-state index in [0.29, 0.717) is 32.0 Å². The highest BCUT2D eigenvalue weighted by molar-refractivity contribution is 5.85. The standard InChI is InChI=1S/C28H51N3O4/c1-20(2)17-21(30-24(33)35-25(3,4)5)11-12-28(13-15-34-16-14-28)23(32)29-22-18-26(6,7)31(10)27(8,9)19-22/h11-12,20-22H,13-19H2,1-10H3,(H,29,32)(H,30,33)/b12-11+/t21-/m1/s1. The van der Waals surface area contributed by atoms with Crippen molar-refractivity contribution in [3.63, 3.8) is 0 Å². The molecule has 7 heteroatoms. The zero-order valence-electron chi connectivity index (χ0n) is 23.9. The third-order valence-corrected chi connectivity index (χ3v) is 7.56. The largest absolute Gasteiger partial charge is 0.444 e. The summed E-state index contributed by atoms with van der Waals surface area (Å²) in [5, 5.41) is 6.41. The average Bonchev–Trinajstić information content (AvgIpc) is 2.68. The Kier molecular flexibility index (Phi) is 9.48. The molecule has 35 heavy (non-hydrogen) atoms. The Labute approximate surface area is 213 Å². The summed E-state index contributed by atoms with van der Waals surface area (Å²) in [4.78, 5) is 28.7. The van der Waals surface area contributed by atoms with Crippen LogP contribution in [0.3, 0.4) is 0 Å². The van der Waals surface area contributed by atoms with Gasteiger partial charge in [-0.25, -0.2) is 4.79 Å². The van der Waals surface area contributed by atoms with Gasteiger partial charge in [0.2, 0.25) is 5.91 Å². The summed E-state index contributed by atoms with van der Waals surface area (Å²) >= 11 is 0. The second-order valence-corrected chi connectivity index (χ2v) is 13.3. The third-order valence-electron chi connectivity index (χ3n) is 7.56. The lowest BCUT2D eigenvalue weighted by atomic mass is 9.75. The normalized spacial score (nSPS) is 23.7. The number of rotatable bonds is 7. The fourth-order valence-corrected chi connectivity index (χ4v) is 5.46. The van der Waals surface area contributed by atoms with Crippen molar-refractivity contribution >= 4 is 12.0 Å². The van der Waals surface area contributed by atoms with Crippen LogP contribution in [0.25, 0.3) is 0 Å². The van der Waals surface area contributed by atoms with Crippen molar-refractivity contribution in [3.8, 4) is 0 Å². The third kappa shape index (κ3) is 8.49. The Morgan fingerprint density at radius 2 is 1.63 bits per heavy atom. The lowest BCUT2D eigenvalue weighted by Gasteiger charge is -2.54. The van der Waals surface area contributed by atoms with Gasteiger partial charge in [0, 0.05) is 30.3 Å². The number of hydrogen-bond acceptors (Lipinski definition) is 5. The maximum absolute atomic E-state index is 13.8. The summed E-state index contributed by atoms with van der Waals surface area (Å²) in [6.07, 6.45) is 7.44. The van der Waals surface area contributed by atoms with E-state index >= 15 is 0 Å². The van der Waals surface area contributed by atoms with Crippen LogP contribution in [0.5, 0.6) is 0 Å². The number of nitrogens with zero attached hydrogens (tertiary/aromatic N) is 1. The van der Waals surface area contributed by atoms with Crippen LogP contribution in [0, 0.1) is 11.3 Å². The fraction of sp³-hybridized carbons (Fsp3) is 0.857. The van der Waals surface area contributed by atoms with Gasteiger partial charge in [-0.15, -0.1) is 0 Å². The molecule has 2 aliphatic rings. The molecule has 0 spiro atoms. The van der Waals surface area contributed by atoms with Crippen molar-refractivity contribution in [2.75, 3.05) is 20.3 Å². The molecule has 0 unspecified atom stereocenters. The Balaban J connectivity index is 2.21. The first kappa shape index (κ1) is 29.6. The topological polar surface area (TPSA) is 79.9 Å². The van der Waals surface area contributed by atoms with Crippen molar-refractivity contribution in [1.82, 2.24) is 15.5 Å². The molecule has 202 valence electrons. The molecule has 0 aliphatic carbocycles. The maximum atomic E-state index is 13.8. The van der Waals surface area contributed by atoms with Crippen LogP contribution in [0.2, 0.25) is 0 Å². The molecule has 0 aromatic rings. The van der Waals surface area contributed by atoms with Crippen LogP contribution in [-0.4, -0.2) is 65.9 Å². The summed E-state index contributed by atoms with van der Waals surface area (Å²) < 4.78 is 11.1. The highest BCUT2D eigenvalue weighted by atomic mass is 16.6. The molecule has 0 radical (unpaired) electrons. The minimum atomic E-state index is -0.638.